The number of methoxy groups -OCH3 is 1. The van der Waals surface area contributed by atoms with Crippen LogP contribution in [0.5, 0.6) is 0 Å². The van der Waals surface area contributed by atoms with Crippen molar-refractivity contribution >= 4 is 41.1 Å². The number of rotatable bonds is 3. The van der Waals surface area contributed by atoms with Gasteiger partial charge >= 0.3 is 5.97 Å². The second-order valence-corrected chi connectivity index (χ2v) is 5.76. The van der Waals surface area contributed by atoms with Gasteiger partial charge < -0.3 is 4.74 Å². The van der Waals surface area contributed by atoms with E-state index in [2.05, 4.69) is 10.2 Å². The zero-order valence-electron chi connectivity index (χ0n) is 13.5. The lowest BCUT2D eigenvalue weighted by Gasteiger charge is -2.14. The third-order valence-electron chi connectivity index (χ3n) is 3.70. The molecule has 0 unspecified atom stereocenters. The molecule has 0 bridgehead atoms. The number of hydrogen-bond donors (Lipinski definition) is 1. The molecule has 6 nitrogen and oxygen atoms in total. The minimum Gasteiger partial charge on any atom is -0.465 e. The number of ether oxygens (including phenoxy) is 1. The number of nitrogens with one attached hydrogen (secondary N) is 1. The standard InChI is InChI=1S/C18H12ClFN2O4/c1-26-18(25)11-4-2-10(3-5-11)8-13-16(23)21-22(17(13)24)12-6-7-15(20)14(19)9-12/h2-9H,1H3,(H,21,23)/b13-8+. The van der Waals surface area contributed by atoms with Crippen LogP contribution >= 0.6 is 11.6 Å². The molecule has 0 radical (unpaired) electrons. The number of nitrogens with zero attached hydrogens (tertiary/aromatic N) is 1. The molecule has 0 atom stereocenters. The van der Waals surface area contributed by atoms with Gasteiger partial charge in [0.05, 0.1) is 23.4 Å². The summed E-state index contributed by atoms with van der Waals surface area (Å²) in [6.45, 7) is 0. The molecule has 0 saturated carbocycles. The number of anilines is 1. The Bertz CT molecular complexity index is 941. The minimum absolute atomic E-state index is 0.101. The number of carbonyl (C=O) groups excluding carboxylic acids is 3. The van der Waals surface area contributed by atoms with Gasteiger partial charge in [-0.05, 0) is 42.0 Å². The Hall–Kier alpha value is -3.19. The van der Waals surface area contributed by atoms with Crippen molar-refractivity contribution in [2.24, 2.45) is 0 Å². The van der Waals surface area contributed by atoms with Crippen LogP contribution in [0.1, 0.15) is 15.9 Å². The maximum absolute atomic E-state index is 13.3. The normalized spacial score (nSPS) is 15.3. The summed E-state index contributed by atoms with van der Waals surface area (Å²) in [5.41, 5.74) is 3.43. The second-order valence-electron chi connectivity index (χ2n) is 5.35. The fourth-order valence-corrected chi connectivity index (χ4v) is 2.54. The van der Waals surface area contributed by atoms with Crippen LogP contribution in [0, 0.1) is 5.82 Å². The summed E-state index contributed by atoms with van der Waals surface area (Å²) in [5.74, 6) is -2.32. The molecule has 1 N–H and O–H groups in total. The first kappa shape index (κ1) is 17.6. The van der Waals surface area contributed by atoms with Gasteiger partial charge in [0.25, 0.3) is 11.8 Å². The third kappa shape index (κ3) is 3.29. The van der Waals surface area contributed by atoms with Gasteiger partial charge in [0.15, 0.2) is 0 Å². The summed E-state index contributed by atoms with van der Waals surface area (Å²) >= 11 is 5.72. The van der Waals surface area contributed by atoms with Crippen molar-refractivity contribution in [3.8, 4) is 0 Å². The Morgan fingerprint density at radius 3 is 2.50 bits per heavy atom. The molecule has 2 amide bonds. The summed E-state index contributed by atoms with van der Waals surface area (Å²) in [6, 6.07) is 9.87. The molecule has 0 aromatic heterocycles. The van der Waals surface area contributed by atoms with E-state index in [0.29, 0.717) is 11.1 Å². The van der Waals surface area contributed by atoms with Crippen LogP contribution in [0.2, 0.25) is 5.02 Å². The summed E-state index contributed by atoms with van der Waals surface area (Å²) in [4.78, 5) is 36.0. The molecule has 8 heteroatoms. The summed E-state index contributed by atoms with van der Waals surface area (Å²) < 4.78 is 17.9. The Balaban J connectivity index is 1.87. The van der Waals surface area contributed by atoms with Gasteiger partial charge in [-0.2, -0.15) is 0 Å². The Morgan fingerprint density at radius 1 is 1.19 bits per heavy atom. The van der Waals surface area contributed by atoms with Gasteiger partial charge in [0.1, 0.15) is 11.4 Å². The number of hydrogen-bond acceptors (Lipinski definition) is 4. The Kier molecular flexibility index (Phi) is 4.73. The third-order valence-corrected chi connectivity index (χ3v) is 3.99. The number of esters is 1. The molecule has 1 aliphatic rings. The van der Waals surface area contributed by atoms with Gasteiger partial charge in [-0.25, -0.2) is 14.2 Å². The van der Waals surface area contributed by atoms with Gasteiger partial charge in [0.2, 0.25) is 0 Å². The second kappa shape index (κ2) is 6.97. The molecule has 26 heavy (non-hydrogen) atoms. The zero-order chi connectivity index (χ0) is 18.8. The average molecular weight is 375 g/mol. The van der Waals surface area contributed by atoms with E-state index in [9.17, 15) is 18.8 Å². The van der Waals surface area contributed by atoms with Crippen molar-refractivity contribution in [3.05, 3.63) is 70.0 Å². The SMILES string of the molecule is COC(=O)c1ccc(/C=C2\C(=O)NN(c3ccc(F)c(Cl)c3)C2=O)cc1. The largest absolute Gasteiger partial charge is 0.465 e. The molecule has 2 aromatic carbocycles. The van der Waals surface area contributed by atoms with E-state index in [1.807, 2.05) is 0 Å². The van der Waals surface area contributed by atoms with Gasteiger partial charge in [0, 0.05) is 0 Å². The number of halogens is 2. The first-order chi connectivity index (χ1) is 12.4. The van der Waals surface area contributed by atoms with E-state index < -0.39 is 23.6 Å². The highest BCUT2D eigenvalue weighted by Crippen LogP contribution is 2.26. The highest BCUT2D eigenvalue weighted by molar-refractivity contribution is 6.33. The Morgan fingerprint density at radius 2 is 1.88 bits per heavy atom. The zero-order valence-corrected chi connectivity index (χ0v) is 14.2. The minimum atomic E-state index is -0.630. The predicted molar refractivity (Wildman–Crippen MR) is 92.8 cm³/mol. The molecule has 3 rings (SSSR count). The fraction of sp³-hybridized carbons (Fsp3) is 0.0556. The maximum atomic E-state index is 13.3. The highest BCUT2D eigenvalue weighted by atomic mass is 35.5. The Labute approximate surface area is 152 Å². The molecule has 0 spiro atoms. The van der Waals surface area contributed by atoms with Crippen LogP contribution < -0.4 is 10.4 Å². The van der Waals surface area contributed by atoms with Crippen molar-refractivity contribution in [3.63, 3.8) is 0 Å². The van der Waals surface area contributed by atoms with Crippen LogP contribution in [0.4, 0.5) is 10.1 Å². The van der Waals surface area contributed by atoms with Gasteiger partial charge in [-0.3, -0.25) is 15.0 Å². The van der Waals surface area contributed by atoms with E-state index in [1.165, 1.54) is 37.5 Å². The van der Waals surface area contributed by atoms with Crippen LogP contribution in [0.15, 0.2) is 48.0 Å². The van der Waals surface area contributed by atoms with Crippen molar-refractivity contribution < 1.29 is 23.5 Å². The smallest absolute Gasteiger partial charge is 0.337 e. The molecule has 2 aromatic rings. The quantitative estimate of drug-likeness (QED) is 0.509. The molecule has 1 aliphatic heterocycles. The van der Waals surface area contributed by atoms with E-state index in [1.54, 1.807) is 12.1 Å². The van der Waals surface area contributed by atoms with Crippen LogP contribution in [0.25, 0.3) is 6.08 Å². The van der Waals surface area contributed by atoms with Crippen LogP contribution in [-0.4, -0.2) is 24.9 Å². The first-order valence-corrected chi connectivity index (χ1v) is 7.79. The van der Waals surface area contributed by atoms with Crippen molar-refractivity contribution in [1.29, 1.82) is 0 Å². The van der Waals surface area contributed by atoms with E-state index in [4.69, 9.17) is 11.6 Å². The number of carbonyl (C=O) groups is 3. The van der Waals surface area contributed by atoms with Gasteiger partial charge in [-0.15, -0.1) is 0 Å². The van der Waals surface area contributed by atoms with E-state index in [0.717, 1.165) is 11.1 Å². The molecular weight excluding hydrogens is 363 g/mol. The van der Waals surface area contributed by atoms with Crippen LogP contribution in [0.3, 0.4) is 0 Å². The maximum Gasteiger partial charge on any atom is 0.337 e. The van der Waals surface area contributed by atoms with Crippen molar-refractivity contribution in [2.75, 3.05) is 12.1 Å². The lowest BCUT2D eigenvalue weighted by atomic mass is 10.1. The topological polar surface area (TPSA) is 75.7 Å². The van der Waals surface area contributed by atoms with Crippen LogP contribution in [-0.2, 0) is 14.3 Å². The lowest BCUT2D eigenvalue weighted by Crippen LogP contribution is -2.35. The molecule has 1 heterocycles. The molecular formula is C18H12ClFN2O4. The number of benzene rings is 2. The average Bonchev–Trinajstić information content (AvgIpc) is 2.92. The molecule has 1 fully saturated rings. The summed E-state index contributed by atoms with van der Waals surface area (Å²) in [7, 11) is 1.27. The van der Waals surface area contributed by atoms with Crippen molar-refractivity contribution in [2.45, 2.75) is 0 Å². The number of hydrazine groups is 1. The fourth-order valence-electron chi connectivity index (χ4n) is 2.36. The summed E-state index contributed by atoms with van der Waals surface area (Å²) in [5, 5.41) is 0.822. The van der Waals surface area contributed by atoms with E-state index >= 15 is 0 Å². The molecule has 132 valence electrons. The van der Waals surface area contributed by atoms with E-state index in [-0.39, 0.29) is 16.3 Å². The van der Waals surface area contributed by atoms with Gasteiger partial charge in [-0.1, -0.05) is 23.7 Å². The first-order valence-electron chi connectivity index (χ1n) is 7.41. The number of amides is 2. The van der Waals surface area contributed by atoms with Crippen molar-refractivity contribution in [1.82, 2.24) is 5.43 Å². The monoisotopic (exact) mass is 374 g/mol. The molecule has 0 aliphatic carbocycles. The summed E-state index contributed by atoms with van der Waals surface area (Å²) in [6.07, 6.45) is 1.39. The molecule has 1 saturated heterocycles. The lowest BCUT2D eigenvalue weighted by molar-refractivity contribution is -0.117. The predicted octanol–water partition coefficient (Wildman–Crippen LogP) is 2.73. The highest BCUT2D eigenvalue weighted by Gasteiger charge is 2.34.